The number of nitrogens with two attached hydrogens (primary N) is 1. The van der Waals surface area contributed by atoms with Gasteiger partial charge in [0, 0.05) is 74.2 Å². The molecule has 1 amide bonds. The molecule has 19 rings (SSSR count). The lowest BCUT2D eigenvalue weighted by Gasteiger charge is -2.21. The van der Waals surface area contributed by atoms with Gasteiger partial charge in [-0.05, 0) is 330 Å². The van der Waals surface area contributed by atoms with Gasteiger partial charge in [0.2, 0.25) is 0 Å². The first kappa shape index (κ1) is 100. The molecule has 0 aliphatic heterocycles. The van der Waals surface area contributed by atoms with Crippen molar-refractivity contribution in [2.45, 2.75) is 154 Å². The highest BCUT2D eigenvalue weighted by Crippen LogP contribution is 2.37. The molecule has 11 aromatic carbocycles. The molecule has 2 heterocycles. The second kappa shape index (κ2) is 49.3. The van der Waals surface area contributed by atoms with Gasteiger partial charge in [0.05, 0.1) is 46.8 Å². The third-order valence-electron chi connectivity index (χ3n) is 23.2. The molecule has 130 heavy (non-hydrogen) atoms. The Bertz CT molecular complexity index is 6140. The summed E-state index contributed by atoms with van der Waals surface area (Å²) < 4.78 is 53.3. The van der Waals surface area contributed by atoms with Crippen LogP contribution in [0.5, 0.6) is 0 Å². The predicted molar refractivity (Wildman–Crippen MR) is 508 cm³/mol. The van der Waals surface area contributed by atoms with Crippen molar-refractivity contribution in [3.8, 4) is 22.8 Å². The summed E-state index contributed by atoms with van der Waals surface area (Å²) in [6, 6.07) is 57.1. The van der Waals surface area contributed by atoms with Crippen molar-refractivity contribution >= 4 is 128 Å². The van der Waals surface area contributed by atoms with E-state index in [9.17, 15) is 56.4 Å². The summed E-state index contributed by atoms with van der Waals surface area (Å²) >= 11 is 22.7. The Kier molecular flexibility index (Phi) is 38.1. The van der Waals surface area contributed by atoms with Crippen LogP contribution in [0, 0.1) is 33.4 Å². The molecular weight excluding hydrogens is 1770 g/mol. The number of nitro benzene ring substituents is 1. The van der Waals surface area contributed by atoms with Crippen LogP contribution >= 0.6 is 58.8 Å². The fourth-order valence-corrected chi connectivity index (χ4v) is 17.3. The van der Waals surface area contributed by atoms with Gasteiger partial charge in [0.15, 0.2) is 23.3 Å². The summed E-state index contributed by atoms with van der Waals surface area (Å²) in [5.74, 6) is -4.00. The van der Waals surface area contributed by atoms with Crippen LogP contribution in [0.25, 0.3) is 44.8 Å². The van der Waals surface area contributed by atoms with Crippen LogP contribution in [-0.4, -0.2) is 98.5 Å². The van der Waals surface area contributed by atoms with Gasteiger partial charge in [-0.25, -0.2) is 42.9 Å². The largest absolute Gasteiger partial charge is 0.478 e. The van der Waals surface area contributed by atoms with Gasteiger partial charge < -0.3 is 20.7 Å². The van der Waals surface area contributed by atoms with E-state index in [1.165, 1.54) is 172 Å². The molecule has 28 heteroatoms. The Balaban J connectivity index is 0.000000158. The lowest BCUT2D eigenvalue weighted by atomic mass is 9.88. The number of aryl methyl sites for hydroxylation is 6. The summed E-state index contributed by atoms with van der Waals surface area (Å²) in [5.41, 5.74) is 31.6. The Morgan fingerprint density at radius 2 is 0.908 bits per heavy atom. The number of rotatable bonds is 11. The number of carbonyl (C=O) groups excluding carboxylic acids is 5. The average molecular weight is 1870 g/mol. The minimum Gasteiger partial charge on any atom is -0.478 e. The number of aldehydes is 2. The van der Waals surface area contributed by atoms with E-state index >= 15 is 0 Å². The Morgan fingerprint density at radius 1 is 0.500 bits per heavy atom. The van der Waals surface area contributed by atoms with Gasteiger partial charge in [0.25, 0.3) is 22.7 Å². The van der Waals surface area contributed by atoms with Gasteiger partial charge in [-0.15, -0.1) is 12.4 Å². The van der Waals surface area contributed by atoms with E-state index in [2.05, 4.69) is 57.8 Å². The van der Waals surface area contributed by atoms with Crippen molar-refractivity contribution in [3.05, 3.63) is 349 Å². The maximum Gasteiger partial charge on any atom is 0.335 e. The number of aromatic amines is 1. The third-order valence-corrected chi connectivity index (χ3v) is 24.1. The highest BCUT2D eigenvalue weighted by molar-refractivity contribution is 6.67. The molecule has 0 unspecified atom stereocenters. The number of H-pyrrole nitrogens is 1. The number of imidazole rings is 2. The number of aromatic carboxylic acids is 1. The molecule has 5 N–H and O–H groups in total. The second-order valence-electron chi connectivity index (χ2n) is 31.4. The number of hydrogen-bond acceptors (Lipinski definition) is 14. The van der Waals surface area contributed by atoms with Crippen LogP contribution in [0.1, 0.15) is 206 Å². The van der Waals surface area contributed by atoms with Gasteiger partial charge in [-0.2, -0.15) is 0 Å². The number of hydrogen-bond donors (Lipinski definition) is 4. The number of nitro groups is 1. The molecule has 0 saturated carbocycles. The SMILES string of the molecule is CNOC.CON(C)C(=O)c1cccc2c1CCCC2.Cl.Clc1ccc2nc(-c3cccc4c3CCCC4)[nH]c2c1.Nc1ccc(Cl)cc1[N+](=O)[O-].O=C(Cl)c1ccc(F)c(F)c1.O=C(O)c1cccc2c1CCCC2.O=C(c1ccc(F)c(F)c1)n1c(-c2cccc3c2CCCC3)nc2cc(Cl)ccc21.O=Cc1cccc2c1CCCC2.O=Cc1cccc2c1CCCC2. The summed E-state index contributed by atoms with van der Waals surface area (Å²) in [6.45, 7) is 0. The smallest absolute Gasteiger partial charge is 0.335 e. The molecule has 0 fully saturated rings. The average Bonchev–Trinajstić information content (AvgIpc) is 1.60. The Hall–Kier alpha value is -11.8. The van der Waals surface area contributed by atoms with Crippen molar-refractivity contribution in [1.82, 2.24) is 30.1 Å². The number of nitrogen functional groups attached to an aromatic ring is 1. The molecule has 678 valence electrons. The van der Waals surface area contributed by atoms with E-state index in [4.69, 9.17) is 72.0 Å². The van der Waals surface area contributed by atoms with Crippen molar-refractivity contribution in [2.75, 3.05) is 34.0 Å². The van der Waals surface area contributed by atoms with E-state index in [-0.39, 0.29) is 40.8 Å². The first-order valence-corrected chi connectivity index (χ1v) is 44.3. The number of amides is 1. The van der Waals surface area contributed by atoms with Crippen molar-refractivity contribution in [3.63, 3.8) is 0 Å². The maximum atomic E-state index is 13.8. The van der Waals surface area contributed by atoms with Crippen molar-refractivity contribution in [1.29, 1.82) is 0 Å². The predicted octanol–water partition coefficient (Wildman–Crippen LogP) is 24.5. The first-order chi connectivity index (χ1) is 62.3. The van der Waals surface area contributed by atoms with Gasteiger partial charge in [0.1, 0.15) is 29.9 Å². The van der Waals surface area contributed by atoms with Crippen LogP contribution < -0.4 is 11.2 Å². The van der Waals surface area contributed by atoms with E-state index in [0.717, 1.165) is 182 Å². The van der Waals surface area contributed by atoms with Crippen molar-refractivity contribution in [2.24, 2.45) is 0 Å². The van der Waals surface area contributed by atoms with Gasteiger partial charge in [-0.3, -0.25) is 43.5 Å². The minimum atomic E-state index is -1.07. The van der Waals surface area contributed by atoms with E-state index in [1.807, 2.05) is 78.9 Å². The van der Waals surface area contributed by atoms with Gasteiger partial charge >= 0.3 is 5.97 Å². The number of carboxylic acids is 1. The topological polar surface area (TPSA) is 272 Å². The fraction of sp³-hybridized carbons (Fsp3) is 0.275. The van der Waals surface area contributed by atoms with Crippen LogP contribution in [0.3, 0.4) is 0 Å². The molecule has 0 atom stereocenters. The Labute approximate surface area is 778 Å². The molecule has 0 radical (unpaired) electrons. The van der Waals surface area contributed by atoms with Crippen LogP contribution in [0.15, 0.2) is 200 Å². The van der Waals surface area contributed by atoms with Crippen LogP contribution in [-0.2, 0) is 86.7 Å². The number of anilines is 1. The number of halogens is 9. The molecule has 2 aromatic heterocycles. The molecule has 0 bridgehead atoms. The number of hydroxylamine groups is 3. The number of carboxylic acid groups (broad SMARTS) is 1. The number of nitrogens with one attached hydrogen (secondary N) is 2. The lowest BCUT2D eigenvalue weighted by molar-refractivity contribution is -0.383. The zero-order valence-corrected chi connectivity index (χ0v) is 76.3. The Morgan fingerprint density at radius 3 is 1.38 bits per heavy atom. The quantitative estimate of drug-likeness (QED) is 0.0234. The van der Waals surface area contributed by atoms with E-state index < -0.39 is 45.3 Å². The molecule has 19 nitrogen and oxygen atoms in total. The molecule has 13 aromatic rings. The lowest BCUT2D eigenvalue weighted by Crippen LogP contribution is -2.27. The summed E-state index contributed by atoms with van der Waals surface area (Å²) in [4.78, 5) is 99.9. The number of fused-ring (bicyclic) bond motifs is 8. The zero-order chi connectivity index (χ0) is 92.2. The van der Waals surface area contributed by atoms with E-state index in [0.29, 0.717) is 32.5 Å². The molecule has 6 aliphatic carbocycles. The van der Waals surface area contributed by atoms with Gasteiger partial charge in [-0.1, -0.05) is 132 Å². The van der Waals surface area contributed by atoms with E-state index in [1.54, 1.807) is 45.5 Å². The van der Waals surface area contributed by atoms with Crippen LogP contribution in [0.2, 0.25) is 15.1 Å². The molecular formula is C102H101Cl5F4N8O11. The zero-order valence-electron chi connectivity index (χ0n) is 72.5. The summed E-state index contributed by atoms with van der Waals surface area (Å²) in [5, 5.41) is 21.2. The minimum absolute atomic E-state index is 0. The maximum absolute atomic E-state index is 13.8. The molecule has 6 aliphatic rings. The summed E-state index contributed by atoms with van der Waals surface area (Å²) in [6.07, 6.45) is 29.3. The number of carbonyl (C=O) groups is 6. The highest BCUT2D eigenvalue weighted by atomic mass is 35.5. The normalized spacial score (nSPS) is 13.3. The number of aromatic nitrogens is 4. The number of benzene rings is 11. The first-order valence-electron chi connectivity index (χ1n) is 42.8. The molecule has 0 saturated heterocycles. The molecule has 0 spiro atoms. The summed E-state index contributed by atoms with van der Waals surface area (Å²) in [7, 11) is 6.43. The standard InChI is InChI=1S/C24H17ClF2N2O.C17H15ClN2.C13H17NO2.C11H12O2.2C11H12O.C7H3ClF2O.C6H5ClN2O2.C2H7NO.ClH/c25-16-9-11-22-21(13-16)28-23(18-7-3-5-14-4-1-2-6-17(14)18)29(22)24(30)15-8-10-19(26)20(27)12-15;18-12-8-9-15-16(10-12)20-17(19-15)14-7-3-5-11-4-1-2-6-13(11)14;1-14(16-2)13(15)12-9-5-7-10-6-3-4-8-11(10)12;12-11(13)10-7-3-5-8-4-1-2-6-9(8)10;2*12-8-10-6-3-5-9-4-1-2-7-11(9)10;8-7(11)4-1-2-5(9)6(10)3-4;7-4-1-2-5(8)6(3-4)9(10)11;1-3-4-2;/h3,5,7-13H,1-2,4,6H2;3,5,7-10H,1-2,4,6H2,(H,19,20);5,7,9H,3-4,6,8H2,1-2H3;3,5,7H,1-2,4,6H2,(H,12,13);2*3,5-6,8H,1-2,4,7H2;1-3H;1-3H,8H2;3H,1-2H3;1H. The highest BCUT2D eigenvalue weighted by Gasteiger charge is 2.27. The third kappa shape index (κ3) is 26.3. The number of nitrogens with zero attached hydrogens (tertiary/aromatic N) is 5. The van der Waals surface area contributed by atoms with Crippen molar-refractivity contribution < 1.29 is 66.0 Å². The second-order valence-corrected chi connectivity index (χ2v) is 33.0. The monoisotopic (exact) mass is 1860 g/mol. The van der Waals surface area contributed by atoms with Crippen LogP contribution in [0.4, 0.5) is 28.9 Å². The fourth-order valence-electron chi connectivity index (χ4n) is 16.7.